The van der Waals surface area contributed by atoms with Gasteiger partial charge in [0.25, 0.3) is 11.8 Å². The van der Waals surface area contributed by atoms with E-state index in [4.69, 9.17) is 0 Å². The van der Waals surface area contributed by atoms with Gasteiger partial charge < -0.3 is 4.90 Å². The van der Waals surface area contributed by atoms with Crippen molar-refractivity contribution in [1.29, 1.82) is 0 Å². The molecule has 2 aromatic rings. The first-order chi connectivity index (χ1) is 12.4. The molecule has 0 saturated heterocycles. The Morgan fingerprint density at radius 1 is 1.12 bits per heavy atom. The standard InChI is InChI=1S/C17H12BrF2N3O3/c18-12-3-1-2-4-13(12)23-8-10-6-5-9(7-11(10)17(23)26)15(24)21-22-16(25)14(19)20/h1-7,14H,8H2,(H,21,24)(H,22,25). The molecule has 2 N–H and O–H groups in total. The van der Waals surface area contributed by atoms with Crippen molar-refractivity contribution in [1.82, 2.24) is 10.9 Å². The minimum atomic E-state index is -3.24. The SMILES string of the molecule is O=C(NNC(=O)C(F)F)c1ccc2c(c1)C(=O)N(c1ccccc1Br)C2. The largest absolute Gasteiger partial charge is 0.317 e. The molecule has 0 fully saturated rings. The van der Waals surface area contributed by atoms with Crippen LogP contribution in [0.1, 0.15) is 26.3 Å². The highest BCUT2D eigenvalue weighted by molar-refractivity contribution is 9.10. The number of carbonyl (C=O) groups excluding carboxylic acids is 3. The van der Waals surface area contributed by atoms with E-state index in [9.17, 15) is 23.2 Å². The maximum absolute atomic E-state index is 12.7. The number of hydrazine groups is 1. The number of carbonyl (C=O) groups is 3. The number of benzene rings is 2. The highest BCUT2D eigenvalue weighted by Gasteiger charge is 2.30. The molecule has 26 heavy (non-hydrogen) atoms. The van der Waals surface area contributed by atoms with E-state index < -0.39 is 18.2 Å². The second kappa shape index (κ2) is 7.20. The number of halogens is 3. The van der Waals surface area contributed by atoms with Crippen molar-refractivity contribution in [2.24, 2.45) is 0 Å². The van der Waals surface area contributed by atoms with E-state index in [1.807, 2.05) is 17.6 Å². The van der Waals surface area contributed by atoms with Crippen LogP contribution in [-0.4, -0.2) is 24.1 Å². The van der Waals surface area contributed by atoms with Crippen LogP contribution < -0.4 is 15.8 Å². The third-order valence-corrected chi connectivity index (χ3v) is 4.49. The second-order valence-electron chi connectivity index (χ2n) is 5.46. The Labute approximate surface area is 155 Å². The zero-order valence-electron chi connectivity index (χ0n) is 13.1. The lowest BCUT2D eigenvalue weighted by atomic mass is 10.1. The average Bonchev–Trinajstić information content (AvgIpc) is 2.95. The fourth-order valence-electron chi connectivity index (χ4n) is 2.55. The molecule has 0 spiro atoms. The van der Waals surface area contributed by atoms with Gasteiger partial charge >= 0.3 is 12.3 Å². The van der Waals surface area contributed by atoms with E-state index >= 15 is 0 Å². The van der Waals surface area contributed by atoms with Gasteiger partial charge in [-0.05, 0) is 45.8 Å². The Balaban J connectivity index is 1.79. The summed E-state index contributed by atoms with van der Waals surface area (Å²) >= 11 is 3.40. The van der Waals surface area contributed by atoms with Gasteiger partial charge in [0.15, 0.2) is 0 Å². The fourth-order valence-corrected chi connectivity index (χ4v) is 3.05. The van der Waals surface area contributed by atoms with E-state index in [1.54, 1.807) is 28.5 Å². The number of hydrogen-bond donors (Lipinski definition) is 2. The summed E-state index contributed by atoms with van der Waals surface area (Å²) in [5.74, 6) is -2.69. The van der Waals surface area contributed by atoms with E-state index in [0.717, 1.165) is 10.0 Å². The Morgan fingerprint density at radius 2 is 1.85 bits per heavy atom. The molecule has 3 rings (SSSR count). The number of hydrogen-bond acceptors (Lipinski definition) is 3. The maximum Gasteiger partial charge on any atom is 0.317 e. The topological polar surface area (TPSA) is 78.5 Å². The van der Waals surface area contributed by atoms with Crippen LogP contribution in [-0.2, 0) is 11.3 Å². The first-order valence-electron chi connectivity index (χ1n) is 7.46. The molecule has 3 amide bonds. The van der Waals surface area contributed by atoms with Crippen molar-refractivity contribution >= 4 is 39.3 Å². The number of para-hydroxylation sites is 1. The molecule has 1 aliphatic heterocycles. The lowest BCUT2D eigenvalue weighted by molar-refractivity contribution is -0.132. The molecule has 1 heterocycles. The fraction of sp³-hybridized carbons (Fsp3) is 0.118. The molecule has 0 atom stereocenters. The highest BCUT2D eigenvalue weighted by Crippen LogP contribution is 2.33. The number of fused-ring (bicyclic) bond motifs is 1. The van der Waals surface area contributed by atoms with Crippen molar-refractivity contribution in [3.8, 4) is 0 Å². The summed E-state index contributed by atoms with van der Waals surface area (Å²) in [6, 6.07) is 11.7. The predicted molar refractivity (Wildman–Crippen MR) is 92.7 cm³/mol. The lowest BCUT2D eigenvalue weighted by Gasteiger charge is -2.17. The number of rotatable bonds is 3. The number of nitrogens with zero attached hydrogens (tertiary/aromatic N) is 1. The van der Waals surface area contributed by atoms with Crippen LogP contribution in [0, 0.1) is 0 Å². The van der Waals surface area contributed by atoms with Crippen LogP contribution >= 0.6 is 15.9 Å². The van der Waals surface area contributed by atoms with Crippen LogP contribution in [0.25, 0.3) is 0 Å². The number of alkyl halides is 2. The van der Waals surface area contributed by atoms with Gasteiger partial charge in [-0.1, -0.05) is 18.2 Å². The van der Waals surface area contributed by atoms with Crippen molar-refractivity contribution in [3.05, 3.63) is 63.6 Å². The van der Waals surface area contributed by atoms with Gasteiger partial charge in [-0.3, -0.25) is 25.2 Å². The molecule has 2 aromatic carbocycles. The Bertz CT molecular complexity index is 905. The van der Waals surface area contributed by atoms with E-state index in [2.05, 4.69) is 15.9 Å². The van der Waals surface area contributed by atoms with Crippen molar-refractivity contribution in [2.45, 2.75) is 13.0 Å². The molecule has 0 aliphatic carbocycles. The summed E-state index contributed by atoms with van der Waals surface area (Å²) in [7, 11) is 0. The average molecular weight is 424 g/mol. The summed E-state index contributed by atoms with van der Waals surface area (Å²) in [4.78, 5) is 37.0. The molecular formula is C17H12BrF2N3O3. The van der Waals surface area contributed by atoms with E-state index in [-0.39, 0.29) is 11.5 Å². The summed E-state index contributed by atoms with van der Waals surface area (Å²) < 4.78 is 25.0. The third kappa shape index (κ3) is 3.43. The first-order valence-corrected chi connectivity index (χ1v) is 8.25. The minimum Gasteiger partial charge on any atom is -0.303 e. The zero-order chi connectivity index (χ0) is 18.8. The van der Waals surface area contributed by atoms with Gasteiger partial charge in [-0.2, -0.15) is 8.78 Å². The summed E-state index contributed by atoms with van der Waals surface area (Å²) in [5.41, 5.74) is 5.34. The summed E-state index contributed by atoms with van der Waals surface area (Å²) in [5, 5.41) is 0. The van der Waals surface area contributed by atoms with Crippen LogP contribution in [0.15, 0.2) is 46.9 Å². The van der Waals surface area contributed by atoms with Gasteiger partial charge in [0.05, 0.1) is 12.2 Å². The minimum absolute atomic E-state index is 0.0700. The lowest BCUT2D eigenvalue weighted by Crippen LogP contribution is -2.44. The van der Waals surface area contributed by atoms with Crippen molar-refractivity contribution < 1.29 is 23.2 Å². The highest BCUT2D eigenvalue weighted by atomic mass is 79.9. The van der Waals surface area contributed by atoms with Crippen LogP contribution in [0.4, 0.5) is 14.5 Å². The van der Waals surface area contributed by atoms with E-state index in [0.29, 0.717) is 17.8 Å². The summed E-state index contributed by atoms with van der Waals surface area (Å²) in [6.07, 6.45) is -3.24. The molecule has 0 aromatic heterocycles. The Morgan fingerprint density at radius 3 is 2.54 bits per heavy atom. The Hall–Kier alpha value is -2.81. The molecule has 0 bridgehead atoms. The van der Waals surface area contributed by atoms with Crippen molar-refractivity contribution in [2.75, 3.05) is 4.90 Å². The molecular weight excluding hydrogens is 412 g/mol. The van der Waals surface area contributed by atoms with Gasteiger partial charge in [-0.15, -0.1) is 0 Å². The van der Waals surface area contributed by atoms with Gasteiger partial charge in [0, 0.05) is 15.6 Å². The van der Waals surface area contributed by atoms with Crippen LogP contribution in [0.2, 0.25) is 0 Å². The van der Waals surface area contributed by atoms with Crippen LogP contribution in [0.5, 0.6) is 0 Å². The van der Waals surface area contributed by atoms with Gasteiger partial charge in [-0.25, -0.2) is 0 Å². The number of amides is 3. The predicted octanol–water partition coefficient (Wildman–Crippen LogP) is 2.64. The second-order valence-corrected chi connectivity index (χ2v) is 6.31. The van der Waals surface area contributed by atoms with Gasteiger partial charge in [0.2, 0.25) is 0 Å². The zero-order valence-corrected chi connectivity index (χ0v) is 14.7. The molecule has 1 aliphatic rings. The smallest absolute Gasteiger partial charge is 0.303 e. The quantitative estimate of drug-likeness (QED) is 0.744. The van der Waals surface area contributed by atoms with Gasteiger partial charge in [0.1, 0.15) is 0 Å². The molecule has 0 radical (unpaired) electrons. The third-order valence-electron chi connectivity index (χ3n) is 3.82. The number of anilines is 1. The molecule has 9 heteroatoms. The first kappa shape index (κ1) is 18.0. The molecule has 134 valence electrons. The summed E-state index contributed by atoms with van der Waals surface area (Å²) in [6.45, 7) is 0.348. The monoisotopic (exact) mass is 423 g/mol. The van der Waals surface area contributed by atoms with Crippen molar-refractivity contribution in [3.63, 3.8) is 0 Å². The molecule has 0 unspecified atom stereocenters. The maximum atomic E-state index is 12.7. The van der Waals surface area contributed by atoms with E-state index in [1.165, 1.54) is 12.1 Å². The molecule has 0 saturated carbocycles. The number of nitrogens with one attached hydrogen (secondary N) is 2. The normalized spacial score (nSPS) is 12.9. The Kier molecular flexibility index (Phi) is 4.99. The van der Waals surface area contributed by atoms with Crippen LogP contribution in [0.3, 0.4) is 0 Å². The molecule has 6 nitrogen and oxygen atoms in total.